The molecule has 0 atom stereocenters. The van der Waals surface area contributed by atoms with Gasteiger partial charge in [-0.1, -0.05) is 12.1 Å². The van der Waals surface area contributed by atoms with Crippen LogP contribution in [0.5, 0.6) is 5.75 Å². The van der Waals surface area contributed by atoms with Crippen molar-refractivity contribution in [3.8, 4) is 16.9 Å². The van der Waals surface area contributed by atoms with Crippen LogP contribution in [0.15, 0.2) is 36.4 Å². The van der Waals surface area contributed by atoms with E-state index in [-0.39, 0.29) is 25.3 Å². The van der Waals surface area contributed by atoms with E-state index < -0.39 is 17.7 Å². The van der Waals surface area contributed by atoms with Crippen LogP contribution < -0.4 is 10.1 Å². The van der Waals surface area contributed by atoms with Gasteiger partial charge in [0.25, 0.3) is 0 Å². The predicted octanol–water partition coefficient (Wildman–Crippen LogP) is 3.69. The average Bonchev–Trinajstić information content (AvgIpc) is 2.60. The van der Waals surface area contributed by atoms with Crippen molar-refractivity contribution in [2.75, 3.05) is 13.7 Å². The standard InChI is InChI=1S/C20H20F3NO4/c1-12(25)24-8-7-14-11-15(20(21,22)23)4-5-16(14)17-9-13(10-19(26)27)3-6-18(17)28-2/h3-6,9,11H,7-8,10H2,1-2H3,(H,24,25)(H,26,27). The fourth-order valence-corrected chi connectivity index (χ4v) is 2.86. The Bertz CT molecular complexity index is 878. The smallest absolute Gasteiger partial charge is 0.416 e. The normalized spacial score (nSPS) is 11.2. The molecule has 0 saturated carbocycles. The molecule has 5 nitrogen and oxygen atoms in total. The van der Waals surface area contributed by atoms with Gasteiger partial charge in [-0.3, -0.25) is 9.59 Å². The summed E-state index contributed by atoms with van der Waals surface area (Å²) in [4.78, 5) is 22.1. The Morgan fingerprint density at radius 2 is 1.82 bits per heavy atom. The number of benzene rings is 2. The van der Waals surface area contributed by atoms with Gasteiger partial charge in [0, 0.05) is 19.0 Å². The van der Waals surface area contributed by atoms with Crippen LogP contribution in [0.1, 0.15) is 23.6 Å². The summed E-state index contributed by atoms with van der Waals surface area (Å²) < 4.78 is 44.8. The minimum absolute atomic E-state index is 0.167. The van der Waals surface area contributed by atoms with Gasteiger partial charge < -0.3 is 15.2 Å². The van der Waals surface area contributed by atoms with Crippen molar-refractivity contribution in [3.63, 3.8) is 0 Å². The molecule has 0 bridgehead atoms. The molecule has 0 aliphatic carbocycles. The Kier molecular flexibility index (Phi) is 6.66. The summed E-state index contributed by atoms with van der Waals surface area (Å²) in [5.74, 6) is -0.890. The number of methoxy groups -OCH3 is 1. The van der Waals surface area contributed by atoms with E-state index in [2.05, 4.69) is 5.32 Å². The van der Waals surface area contributed by atoms with Crippen molar-refractivity contribution in [1.82, 2.24) is 5.32 Å². The molecule has 150 valence electrons. The second-order valence-electron chi connectivity index (χ2n) is 6.21. The van der Waals surface area contributed by atoms with E-state index in [1.807, 2.05) is 0 Å². The van der Waals surface area contributed by atoms with Gasteiger partial charge in [-0.2, -0.15) is 13.2 Å². The molecule has 0 fully saturated rings. The second-order valence-corrected chi connectivity index (χ2v) is 6.21. The van der Waals surface area contributed by atoms with Crippen LogP contribution in [0.4, 0.5) is 13.2 Å². The zero-order valence-electron chi connectivity index (χ0n) is 15.4. The van der Waals surface area contributed by atoms with Crippen LogP contribution in [-0.2, 0) is 28.6 Å². The maximum Gasteiger partial charge on any atom is 0.416 e. The average molecular weight is 395 g/mol. The Labute approximate surface area is 160 Å². The van der Waals surface area contributed by atoms with E-state index in [0.29, 0.717) is 28.0 Å². The molecule has 2 aromatic carbocycles. The topological polar surface area (TPSA) is 75.6 Å². The van der Waals surface area contributed by atoms with Crippen molar-refractivity contribution in [2.24, 2.45) is 0 Å². The number of amides is 1. The van der Waals surface area contributed by atoms with Gasteiger partial charge in [0.05, 0.1) is 19.1 Å². The highest BCUT2D eigenvalue weighted by Gasteiger charge is 2.31. The number of carbonyl (C=O) groups is 2. The van der Waals surface area contributed by atoms with Gasteiger partial charge in [-0.25, -0.2) is 0 Å². The van der Waals surface area contributed by atoms with Crippen LogP contribution in [0.25, 0.3) is 11.1 Å². The largest absolute Gasteiger partial charge is 0.496 e. The summed E-state index contributed by atoms with van der Waals surface area (Å²) in [6, 6.07) is 8.13. The molecule has 0 saturated heterocycles. The van der Waals surface area contributed by atoms with Crippen molar-refractivity contribution < 1.29 is 32.6 Å². The van der Waals surface area contributed by atoms with Crippen LogP contribution in [-0.4, -0.2) is 30.6 Å². The number of carbonyl (C=O) groups excluding carboxylic acids is 1. The van der Waals surface area contributed by atoms with Gasteiger partial charge in [0.2, 0.25) is 5.91 Å². The minimum Gasteiger partial charge on any atom is -0.496 e. The van der Waals surface area contributed by atoms with E-state index in [1.54, 1.807) is 18.2 Å². The van der Waals surface area contributed by atoms with Crippen LogP contribution in [0, 0.1) is 0 Å². The fraction of sp³-hybridized carbons (Fsp3) is 0.300. The number of hydrogen-bond donors (Lipinski definition) is 2. The Morgan fingerprint density at radius 3 is 2.39 bits per heavy atom. The molecule has 1 amide bonds. The molecule has 0 aliphatic rings. The number of aliphatic carboxylic acids is 1. The van der Waals surface area contributed by atoms with E-state index in [1.165, 1.54) is 20.1 Å². The van der Waals surface area contributed by atoms with Crippen molar-refractivity contribution in [2.45, 2.75) is 25.9 Å². The summed E-state index contributed by atoms with van der Waals surface area (Å²) in [7, 11) is 1.43. The van der Waals surface area contributed by atoms with Gasteiger partial charge in [0.15, 0.2) is 0 Å². The first-order valence-corrected chi connectivity index (χ1v) is 8.45. The molecule has 28 heavy (non-hydrogen) atoms. The van der Waals surface area contributed by atoms with Gasteiger partial charge >= 0.3 is 12.1 Å². The Morgan fingerprint density at radius 1 is 1.11 bits per heavy atom. The van der Waals surface area contributed by atoms with Crippen LogP contribution in [0.2, 0.25) is 0 Å². The molecule has 2 rings (SSSR count). The van der Waals surface area contributed by atoms with Crippen molar-refractivity contribution in [3.05, 3.63) is 53.1 Å². The summed E-state index contributed by atoms with van der Waals surface area (Å²) in [5, 5.41) is 11.6. The summed E-state index contributed by atoms with van der Waals surface area (Å²) >= 11 is 0. The lowest BCUT2D eigenvalue weighted by Crippen LogP contribution is -2.22. The zero-order valence-corrected chi connectivity index (χ0v) is 15.4. The lowest BCUT2D eigenvalue weighted by atomic mass is 9.93. The third kappa shape index (κ3) is 5.48. The van der Waals surface area contributed by atoms with E-state index in [4.69, 9.17) is 9.84 Å². The Balaban J connectivity index is 2.55. The first-order valence-electron chi connectivity index (χ1n) is 8.45. The molecule has 0 radical (unpaired) electrons. The number of hydrogen-bond acceptors (Lipinski definition) is 3. The number of nitrogens with one attached hydrogen (secondary N) is 1. The molecular weight excluding hydrogens is 375 g/mol. The lowest BCUT2D eigenvalue weighted by Gasteiger charge is -2.17. The van der Waals surface area contributed by atoms with Crippen LogP contribution >= 0.6 is 0 Å². The molecule has 0 aliphatic heterocycles. The zero-order chi connectivity index (χ0) is 20.9. The van der Waals surface area contributed by atoms with E-state index in [0.717, 1.165) is 12.1 Å². The van der Waals surface area contributed by atoms with Gasteiger partial charge in [0.1, 0.15) is 5.75 Å². The SMILES string of the molecule is COc1ccc(CC(=O)O)cc1-c1ccc(C(F)(F)F)cc1CCNC(C)=O. The third-order valence-electron chi connectivity index (χ3n) is 4.11. The Hall–Kier alpha value is -3.03. The molecular formula is C20H20F3NO4. The highest BCUT2D eigenvalue weighted by atomic mass is 19.4. The fourth-order valence-electron chi connectivity index (χ4n) is 2.86. The highest BCUT2D eigenvalue weighted by Crippen LogP contribution is 2.37. The molecule has 2 N–H and O–H groups in total. The molecule has 0 spiro atoms. The van der Waals surface area contributed by atoms with E-state index in [9.17, 15) is 22.8 Å². The monoisotopic (exact) mass is 395 g/mol. The quantitative estimate of drug-likeness (QED) is 0.750. The molecule has 8 heteroatoms. The van der Waals surface area contributed by atoms with Gasteiger partial charge in [-0.15, -0.1) is 0 Å². The first-order chi connectivity index (χ1) is 13.1. The maximum absolute atomic E-state index is 13.1. The van der Waals surface area contributed by atoms with E-state index >= 15 is 0 Å². The maximum atomic E-state index is 13.1. The third-order valence-corrected chi connectivity index (χ3v) is 4.11. The van der Waals surface area contributed by atoms with Crippen molar-refractivity contribution in [1.29, 1.82) is 0 Å². The van der Waals surface area contributed by atoms with Crippen LogP contribution in [0.3, 0.4) is 0 Å². The summed E-state index contributed by atoms with van der Waals surface area (Å²) in [6.45, 7) is 1.49. The molecule has 0 heterocycles. The highest BCUT2D eigenvalue weighted by molar-refractivity contribution is 5.77. The second kappa shape index (κ2) is 8.77. The summed E-state index contributed by atoms with van der Waals surface area (Å²) in [6.07, 6.45) is -4.56. The number of ether oxygens (including phenoxy) is 1. The molecule has 0 unspecified atom stereocenters. The summed E-state index contributed by atoms with van der Waals surface area (Å²) in [5.41, 5.74) is 1.05. The first kappa shape index (κ1) is 21.3. The van der Waals surface area contributed by atoms with Gasteiger partial charge in [-0.05, 0) is 47.4 Å². The molecule has 0 aromatic heterocycles. The number of halogens is 3. The number of carboxylic acids is 1. The number of carboxylic acid groups (broad SMARTS) is 1. The number of rotatable bonds is 7. The molecule has 2 aromatic rings. The van der Waals surface area contributed by atoms with Crippen molar-refractivity contribution >= 4 is 11.9 Å². The minimum atomic E-state index is -4.50. The predicted molar refractivity (Wildman–Crippen MR) is 97.2 cm³/mol. The lowest BCUT2D eigenvalue weighted by molar-refractivity contribution is -0.138. The number of alkyl halides is 3.